The molecule has 0 aliphatic carbocycles. The molecular formula is C14H11ClN2O3S. The van der Waals surface area contributed by atoms with Crippen molar-refractivity contribution in [3.8, 4) is 0 Å². The standard InChI is InChI=1S/C14H11ClN2O3S/c15-9-1-3-10(4-2-9)17-13(18)8-21-11-5-6-16-12(7-11)14(19)20/h1-7H,8H2,(H,17,18)(H,19,20). The maximum atomic E-state index is 11.8. The van der Waals surface area contributed by atoms with Gasteiger partial charge in [0, 0.05) is 21.8 Å². The Hall–Kier alpha value is -2.05. The van der Waals surface area contributed by atoms with Crippen molar-refractivity contribution in [3.63, 3.8) is 0 Å². The molecule has 1 amide bonds. The molecular weight excluding hydrogens is 312 g/mol. The Bertz CT molecular complexity index is 662. The Balaban J connectivity index is 1.90. The van der Waals surface area contributed by atoms with E-state index in [0.717, 1.165) is 0 Å². The molecule has 1 aromatic heterocycles. The highest BCUT2D eigenvalue weighted by Gasteiger charge is 2.07. The molecule has 2 N–H and O–H groups in total. The summed E-state index contributed by atoms with van der Waals surface area (Å²) in [6.45, 7) is 0. The number of rotatable bonds is 5. The number of aromatic carboxylic acids is 1. The molecule has 0 saturated heterocycles. The quantitative estimate of drug-likeness (QED) is 0.827. The van der Waals surface area contributed by atoms with Gasteiger partial charge in [-0.2, -0.15) is 0 Å². The maximum Gasteiger partial charge on any atom is 0.354 e. The molecule has 0 bridgehead atoms. The fourth-order valence-electron chi connectivity index (χ4n) is 1.50. The number of halogens is 1. The van der Waals surface area contributed by atoms with Crippen LogP contribution in [0.3, 0.4) is 0 Å². The number of nitrogens with one attached hydrogen (secondary N) is 1. The number of carboxylic acid groups (broad SMARTS) is 1. The largest absolute Gasteiger partial charge is 0.477 e. The predicted octanol–water partition coefficient (Wildman–Crippen LogP) is 3.16. The Morgan fingerprint density at radius 2 is 1.95 bits per heavy atom. The number of pyridine rings is 1. The van der Waals surface area contributed by atoms with Crippen LogP contribution in [0.4, 0.5) is 5.69 Å². The van der Waals surface area contributed by atoms with Crippen molar-refractivity contribution in [3.05, 3.63) is 53.3 Å². The normalized spacial score (nSPS) is 10.1. The van der Waals surface area contributed by atoms with Gasteiger partial charge in [0.2, 0.25) is 5.91 Å². The van der Waals surface area contributed by atoms with Crippen LogP contribution in [0, 0.1) is 0 Å². The van der Waals surface area contributed by atoms with E-state index in [1.54, 1.807) is 30.3 Å². The molecule has 0 radical (unpaired) electrons. The van der Waals surface area contributed by atoms with Crippen LogP contribution < -0.4 is 5.32 Å². The molecule has 2 rings (SSSR count). The molecule has 21 heavy (non-hydrogen) atoms. The third-order valence-corrected chi connectivity index (χ3v) is 3.69. The van der Waals surface area contributed by atoms with Gasteiger partial charge in [0.1, 0.15) is 5.69 Å². The van der Waals surface area contributed by atoms with Crippen molar-refractivity contribution in [2.24, 2.45) is 0 Å². The third-order valence-electron chi connectivity index (χ3n) is 2.45. The van der Waals surface area contributed by atoms with Gasteiger partial charge in [-0.1, -0.05) is 11.6 Å². The fraction of sp³-hybridized carbons (Fsp3) is 0.0714. The zero-order valence-corrected chi connectivity index (χ0v) is 12.3. The number of nitrogens with zero attached hydrogens (tertiary/aromatic N) is 1. The van der Waals surface area contributed by atoms with Crippen molar-refractivity contribution >= 4 is 40.9 Å². The molecule has 0 aliphatic rings. The summed E-state index contributed by atoms with van der Waals surface area (Å²) in [5.74, 6) is -1.11. The monoisotopic (exact) mass is 322 g/mol. The number of carbonyl (C=O) groups is 2. The molecule has 1 aromatic carbocycles. The van der Waals surface area contributed by atoms with Crippen LogP contribution >= 0.6 is 23.4 Å². The fourth-order valence-corrected chi connectivity index (χ4v) is 2.35. The lowest BCUT2D eigenvalue weighted by Gasteiger charge is -2.05. The molecule has 0 fully saturated rings. The van der Waals surface area contributed by atoms with Crippen LogP contribution in [0.5, 0.6) is 0 Å². The molecule has 0 saturated carbocycles. The van der Waals surface area contributed by atoms with E-state index in [0.29, 0.717) is 15.6 Å². The first-order valence-electron chi connectivity index (χ1n) is 5.92. The van der Waals surface area contributed by atoms with Gasteiger partial charge in [0.25, 0.3) is 0 Å². The summed E-state index contributed by atoms with van der Waals surface area (Å²) in [4.78, 5) is 27.0. The summed E-state index contributed by atoms with van der Waals surface area (Å²) in [7, 11) is 0. The van der Waals surface area contributed by atoms with E-state index < -0.39 is 5.97 Å². The van der Waals surface area contributed by atoms with E-state index in [2.05, 4.69) is 10.3 Å². The summed E-state index contributed by atoms with van der Waals surface area (Å²) in [5, 5.41) is 12.2. The summed E-state index contributed by atoms with van der Waals surface area (Å²) in [5.41, 5.74) is 0.615. The lowest BCUT2D eigenvalue weighted by molar-refractivity contribution is -0.113. The second kappa shape index (κ2) is 7.10. The number of amides is 1. The summed E-state index contributed by atoms with van der Waals surface area (Å²) >= 11 is 7.00. The molecule has 5 nitrogen and oxygen atoms in total. The Labute approximate surface area is 130 Å². The maximum absolute atomic E-state index is 11.8. The average molecular weight is 323 g/mol. The number of hydrogen-bond acceptors (Lipinski definition) is 4. The van der Waals surface area contributed by atoms with Gasteiger partial charge in [0.05, 0.1) is 5.75 Å². The number of aromatic nitrogens is 1. The zero-order valence-electron chi connectivity index (χ0n) is 10.7. The van der Waals surface area contributed by atoms with Gasteiger partial charge < -0.3 is 10.4 Å². The van der Waals surface area contributed by atoms with Gasteiger partial charge in [0.15, 0.2) is 0 Å². The molecule has 0 aliphatic heterocycles. The van der Waals surface area contributed by atoms with Gasteiger partial charge in [-0.15, -0.1) is 11.8 Å². The highest BCUT2D eigenvalue weighted by atomic mass is 35.5. The van der Waals surface area contributed by atoms with Gasteiger partial charge in [-0.3, -0.25) is 4.79 Å². The van der Waals surface area contributed by atoms with Crippen LogP contribution in [-0.2, 0) is 4.79 Å². The smallest absolute Gasteiger partial charge is 0.354 e. The lowest BCUT2D eigenvalue weighted by atomic mass is 10.3. The van der Waals surface area contributed by atoms with E-state index in [1.807, 2.05) is 0 Å². The molecule has 108 valence electrons. The highest BCUT2D eigenvalue weighted by Crippen LogP contribution is 2.19. The highest BCUT2D eigenvalue weighted by molar-refractivity contribution is 8.00. The second-order valence-corrected chi connectivity index (χ2v) is 5.51. The number of anilines is 1. The van der Waals surface area contributed by atoms with Crippen LogP contribution in [-0.4, -0.2) is 27.7 Å². The van der Waals surface area contributed by atoms with E-state index >= 15 is 0 Å². The number of carboxylic acids is 1. The molecule has 7 heteroatoms. The first kappa shape index (κ1) is 15.3. The molecule has 0 spiro atoms. The zero-order chi connectivity index (χ0) is 15.2. The Morgan fingerprint density at radius 3 is 2.62 bits per heavy atom. The van der Waals surface area contributed by atoms with Crippen LogP contribution in [0.15, 0.2) is 47.5 Å². The van der Waals surface area contributed by atoms with Crippen molar-refractivity contribution in [2.75, 3.05) is 11.1 Å². The number of hydrogen-bond donors (Lipinski definition) is 2. The van der Waals surface area contributed by atoms with Gasteiger partial charge >= 0.3 is 5.97 Å². The van der Waals surface area contributed by atoms with Crippen molar-refractivity contribution in [1.82, 2.24) is 4.98 Å². The van der Waals surface area contributed by atoms with E-state index in [-0.39, 0.29) is 17.4 Å². The Kier molecular flexibility index (Phi) is 5.19. The molecule has 0 unspecified atom stereocenters. The average Bonchev–Trinajstić information content (AvgIpc) is 2.48. The molecule has 2 aromatic rings. The molecule has 0 atom stereocenters. The van der Waals surface area contributed by atoms with E-state index in [4.69, 9.17) is 16.7 Å². The lowest BCUT2D eigenvalue weighted by Crippen LogP contribution is -2.13. The van der Waals surface area contributed by atoms with Crippen molar-refractivity contribution in [2.45, 2.75) is 4.90 Å². The summed E-state index contributed by atoms with van der Waals surface area (Å²) in [6, 6.07) is 9.88. The van der Waals surface area contributed by atoms with Crippen molar-refractivity contribution in [1.29, 1.82) is 0 Å². The SMILES string of the molecule is O=C(CSc1ccnc(C(=O)O)c1)Nc1ccc(Cl)cc1. The van der Waals surface area contributed by atoms with Crippen LogP contribution in [0.1, 0.15) is 10.5 Å². The number of benzene rings is 1. The second-order valence-electron chi connectivity index (χ2n) is 4.03. The van der Waals surface area contributed by atoms with Gasteiger partial charge in [-0.05, 0) is 36.4 Å². The van der Waals surface area contributed by atoms with Gasteiger partial charge in [-0.25, -0.2) is 9.78 Å². The predicted molar refractivity (Wildman–Crippen MR) is 82.0 cm³/mol. The number of carbonyl (C=O) groups excluding carboxylic acids is 1. The number of thioether (sulfide) groups is 1. The molecule has 1 heterocycles. The topological polar surface area (TPSA) is 79.3 Å². The first-order valence-corrected chi connectivity index (χ1v) is 7.28. The van der Waals surface area contributed by atoms with E-state index in [1.165, 1.54) is 24.0 Å². The minimum absolute atomic E-state index is 0.0434. The Morgan fingerprint density at radius 1 is 1.24 bits per heavy atom. The summed E-state index contributed by atoms with van der Waals surface area (Å²) < 4.78 is 0. The van der Waals surface area contributed by atoms with Crippen molar-refractivity contribution < 1.29 is 14.7 Å². The minimum atomic E-state index is -1.09. The third kappa shape index (κ3) is 4.77. The van der Waals surface area contributed by atoms with Crippen LogP contribution in [0.2, 0.25) is 5.02 Å². The van der Waals surface area contributed by atoms with E-state index in [9.17, 15) is 9.59 Å². The summed E-state index contributed by atoms with van der Waals surface area (Å²) in [6.07, 6.45) is 1.41. The van der Waals surface area contributed by atoms with Crippen LogP contribution in [0.25, 0.3) is 0 Å². The first-order chi connectivity index (χ1) is 10.0. The minimum Gasteiger partial charge on any atom is -0.477 e.